The van der Waals surface area contributed by atoms with Crippen LogP contribution >= 0.6 is 11.3 Å². The average Bonchev–Trinajstić information content (AvgIpc) is 3.26. The number of likely N-dealkylation sites (tertiary alicyclic amines) is 1. The van der Waals surface area contributed by atoms with Crippen molar-refractivity contribution >= 4 is 27.3 Å². The fourth-order valence-corrected chi connectivity index (χ4v) is 6.61. The number of fused-ring (bicyclic) bond motifs is 2. The Morgan fingerprint density at radius 3 is 2.76 bits per heavy atom. The first-order valence-electron chi connectivity index (χ1n) is 13.4. The topological polar surface area (TPSA) is 54.9 Å². The molecule has 2 aliphatic heterocycles. The zero-order chi connectivity index (χ0) is 25.9. The van der Waals surface area contributed by atoms with Crippen LogP contribution in [0.25, 0.3) is 21.2 Å². The minimum atomic E-state index is 0.174. The highest BCUT2D eigenvalue weighted by Crippen LogP contribution is 2.42. The summed E-state index contributed by atoms with van der Waals surface area (Å²) < 4.78 is 14.1. The van der Waals surface area contributed by atoms with Crippen molar-refractivity contribution in [2.45, 2.75) is 38.8 Å². The maximum absolute atomic E-state index is 11.8. The number of aromatic nitrogens is 1. The fraction of sp³-hybridized carbons (Fsp3) is 0.355. The molecule has 0 radical (unpaired) electrons. The van der Waals surface area contributed by atoms with Crippen LogP contribution in [0.4, 0.5) is 0 Å². The average molecular weight is 528 g/mol. The summed E-state index contributed by atoms with van der Waals surface area (Å²) in [6.45, 7) is 6.16. The molecule has 0 atom stereocenters. The predicted molar refractivity (Wildman–Crippen MR) is 152 cm³/mol. The van der Waals surface area contributed by atoms with Crippen molar-refractivity contribution in [3.63, 3.8) is 0 Å². The van der Waals surface area contributed by atoms with Crippen molar-refractivity contribution in [3.05, 3.63) is 77.4 Å². The Morgan fingerprint density at radius 1 is 1.11 bits per heavy atom. The summed E-state index contributed by atoms with van der Waals surface area (Å²) >= 11 is 1.77. The number of carbonyl (C=O) groups is 1. The zero-order valence-electron chi connectivity index (χ0n) is 21.8. The Morgan fingerprint density at radius 2 is 1.95 bits per heavy atom. The van der Waals surface area contributed by atoms with Crippen molar-refractivity contribution in [2.75, 3.05) is 32.8 Å². The number of thiophene rings is 1. The smallest absolute Gasteiger partial charge is 0.219 e. The van der Waals surface area contributed by atoms with Gasteiger partial charge in [0.2, 0.25) is 5.91 Å². The summed E-state index contributed by atoms with van der Waals surface area (Å²) in [5.41, 5.74) is 4.57. The molecular formula is C31H33N3O3S. The number of pyridine rings is 1. The van der Waals surface area contributed by atoms with Crippen molar-refractivity contribution < 1.29 is 14.3 Å². The molecule has 6 nitrogen and oxygen atoms in total. The molecule has 4 aromatic rings. The molecule has 196 valence electrons. The molecule has 0 bridgehead atoms. The van der Waals surface area contributed by atoms with E-state index in [1.165, 1.54) is 15.6 Å². The minimum absolute atomic E-state index is 0.174. The highest BCUT2D eigenvalue weighted by molar-refractivity contribution is 7.17. The van der Waals surface area contributed by atoms with E-state index >= 15 is 0 Å². The first kappa shape index (κ1) is 24.9. The summed E-state index contributed by atoms with van der Waals surface area (Å²) in [4.78, 5) is 20.8. The van der Waals surface area contributed by atoms with Gasteiger partial charge in [-0.2, -0.15) is 0 Å². The maximum atomic E-state index is 11.8. The molecule has 0 saturated carbocycles. The van der Waals surface area contributed by atoms with E-state index < -0.39 is 0 Å². The third kappa shape index (κ3) is 5.26. The van der Waals surface area contributed by atoms with E-state index in [9.17, 15) is 4.79 Å². The van der Waals surface area contributed by atoms with Crippen LogP contribution in [0, 0.1) is 0 Å². The molecule has 4 heterocycles. The van der Waals surface area contributed by atoms with Gasteiger partial charge in [0.05, 0.1) is 6.61 Å². The largest absolute Gasteiger partial charge is 0.489 e. The number of hydrogen-bond donors (Lipinski definition) is 0. The molecule has 0 spiro atoms. The summed E-state index contributed by atoms with van der Waals surface area (Å²) in [5.74, 6) is 1.84. The van der Waals surface area contributed by atoms with Gasteiger partial charge in [-0.3, -0.25) is 14.7 Å². The van der Waals surface area contributed by atoms with Gasteiger partial charge in [-0.05, 0) is 54.1 Å². The van der Waals surface area contributed by atoms with E-state index in [1.54, 1.807) is 18.3 Å². The van der Waals surface area contributed by atoms with Gasteiger partial charge in [-0.25, -0.2) is 0 Å². The van der Waals surface area contributed by atoms with Gasteiger partial charge in [0.15, 0.2) is 11.5 Å². The monoisotopic (exact) mass is 527 g/mol. The van der Waals surface area contributed by atoms with Crippen molar-refractivity contribution in [3.8, 4) is 22.6 Å². The summed E-state index contributed by atoms with van der Waals surface area (Å²) in [5, 5.41) is 3.51. The standard InChI is InChI=1S/C31H33N3O3S/c1-22(35)33-13-9-26(10-14-33)34-15-17-37-31-24(20-34)18-23(28-21-38-30-8-3-2-7-27(28)30)19-29(31)36-16-11-25-6-4-5-12-32-25/h2-8,12,18-19,21,26H,9-11,13-17,20H2,1H3. The second-order valence-corrected chi connectivity index (χ2v) is 11.0. The molecular weight excluding hydrogens is 494 g/mol. The summed E-state index contributed by atoms with van der Waals surface area (Å²) in [7, 11) is 0. The van der Waals surface area contributed by atoms with Gasteiger partial charge in [-0.15, -0.1) is 11.3 Å². The van der Waals surface area contributed by atoms with E-state index in [0.717, 1.165) is 73.8 Å². The van der Waals surface area contributed by atoms with Gasteiger partial charge in [0.1, 0.15) is 6.61 Å². The second-order valence-electron chi connectivity index (χ2n) is 10.1. The molecule has 7 heteroatoms. The third-order valence-electron chi connectivity index (χ3n) is 7.69. The molecule has 2 aromatic carbocycles. The van der Waals surface area contributed by atoms with Gasteiger partial charge in [0, 0.05) is 78.7 Å². The third-order valence-corrected chi connectivity index (χ3v) is 8.65. The molecule has 6 rings (SSSR count). The molecule has 0 aliphatic carbocycles. The zero-order valence-corrected chi connectivity index (χ0v) is 22.6. The quantitative estimate of drug-likeness (QED) is 0.318. The van der Waals surface area contributed by atoms with Crippen LogP contribution in [0.5, 0.6) is 11.5 Å². The number of piperidine rings is 1. The van der Waals surface area contributed by atoms with Crippen LogP contribution in [-0.4, -0.2) is 59.6 Å². The fourth-order valence-electron chi connectivity index (χ4n) is 5.64. The molecule has 2 aromatic heterocycles. The first-order valence-corrected chi connectivity index (χ1v) is 14.3. The van der Waals surface area contributed by atoms with Gasteiger partial charge < -0.3 is 14.4 Å². The Bertz CT molecular complexity index is 1410. The number of amides is 1. The molecule has 0 N–H and O–H groups in total. The number of rotatable bonds is 6. The van der Waals surface area contributed by atoms with Crippen molar-refractivity contribution in [1.29, 1.82) is 0 Å². The SMILES string of the molecule is CC(=O)N1CCC(N2CCOc3c(cc(-c4csc5ccccc45)cc3OCCc3ccccn3)C2)CC1. The molecule has 0 unspecified atom stereocenters. The van der Waals surface area contributed by atoms with Crippen LogP contribution in [0.1, 0.15) is 31.0 Å². The Balaban J connectivity index is 1.30. The van der Waals surface area contributed by atoms with Gasteiger partial charge in [-0.1, -0.05) is 24.3 Å². The van der Waals surface area contributed by atoms with Gasteiger partial charge >= 0.3 is 0 Å². The molecule has 38 heavy (non-hydrogen) atoms. The first-order chi connectivity index (χ1) is 18.7. The molecule has 2 aliphatic rings. The summed E-state index contributed by atoms with van der Waals surface area (Å²) in [6, 6.07) is 19.4. The number of ether oxygens (including phenoxy) is 2. The maximum Gasteiger partial charge on any atom is 0.219 e. The van der Waals surface area contributed by atoms with Crippen LogP contribution < -0.4 is 9.47 Å². The highest BCUT2D eigenvalue weighted by Gasteiger charge is 2.29. The van der Waals surface area contributed by atoms with Crippen molar-refractivity contribution in [1.82, 2.24) is 14.8 Å². The lowest BCUT2D eigenvalue weighted by Gasteiger charge is -2.37. The van der Waals surface area contributed by atoms with E-state index in [2.05, 4.69) is 51.7 Å². The predicted octanol–water partition coefficient (Wildman–Crippen LogP) is 5.79. The number of benzene rings is 2. The number of nitrogens with zero attached hydrogens (tertiary/aromatic N) is 3. The molecule has 1 amide bonds. The van der Waals surface area contributed by atoms with E-state index in [1.807, 2.05) is 29.3 Å². The lowest BCUT2D eigenvalue weighted by atomic mass is 9.99. The Kier molecular flexibility index (Phi) is 7.29. The Labute approximate surface area is 227 Å². The van der Waals surface area contributed by atoms with Crippen LogP contribution in [-0.2, 0) is 17.8 Å². The molecule has 1 fully saturated rings. The van der Waals surface area contributed by atoms with E-state index in [4.69, 9.17) is 9.47 Å². The van der Waals surface area contributed by atoms with E-state index in [0.29, 0.717) is 19.3 Å². The number of carbonyl (C=O) groups excluding carboxylic acids is 1. The minimum Gasteiger partial charge on any atom is -0.489 e. The van der Waals surface area contributed by atoms with Crippen LogP contribution in [0.15, 0.2) is 66.2 Å². The molecule has 1 saturated heterocycles. The van der Waals surface area contributed by atoms with Crippen LogP contribution in [0.2, 0.25) is 0 Å². The number of hydrogen-bond acceptors (Lipinski definition) is 6. The highest BCUT2D eigenvalue weighted by atomic mass is 32.1. The Hall–Kier alpha value is -3.42. The lowest BCUT2D eigenvalue weighted by molar-refractivity contribution is -0.130. The summed E-state index contributed by atoms with van der Waals surface area (Å²) in [6.07, 6.45) is 4.55. The lowest BCUT2D eigenvalue weighted by Crippen LogP contribution is -2.46. The van der Waals surface area contributed by atoms with Crippen molar-refractivity contribution in [2.24, 2.45) is 0 Å². The van der Waals surface area contributed by atoms with Gasteiger partial charge in [0.25, 0.3) is 0 Å². The van der Waals surface area contributed by atoms with Crippen LogP contribution in [0.3, 0.4) is 0 Å². The normalized spacial score (nSPS) is 16.6. The van der Waals surface area contributed by atoms with E-state index in [-0.39, 0.29) is 5.91 Å². The second kappa shape index (κ2) is 11.1.